The van der Waals surface area contributed by atoms with Gasteiger partial charge in [-0.15, -0.1) is 0 Å². The van der Waals surface area contributed by atoms with Crippen molar-refractivity contribution in [3.63, 3.8) is 0 Å². The molecule has 1 aromatic carbocycles. The third-order valence-electron chi connectivity index (χ3n) is 1.82. The number of benzene rings is 1. The van der Waals surface area contributed by atoms with E-state index in [1.54, 1.807) is 24.3 Å². The van der Waals surface area contributed by atoms with Gasteiger partial charge in [0.1, 0.15) is 0 Å². The maximum atomic E-state index is 11.7. The third-order valence-corrected chi connectivity index (χ3v) is 3.44. The molecule has 0 aliphatic carbocycles. The Hall–Kier alpha value is -1.17. The van der Waals surface area contributed by atoms with Gasteiger partial charge in [0.2, 0.25) is 0 Å². The molecule has 0 amide bonds. The summed E-state index contributed by atoms with van der Waals surface area (Å²) in [4.78, 5) is 11.7. The van der Waals surface area contributed by atoms with Crippen molar-refractivity contribution in [3.8, 4) is 0 Å². The minimum atomic E-state index is -2.31. The molecule has 0 aliphatic rings. The van der Waals surface area contributed by atoms with Crippen molar-refractivity contribution in [2.24, 2.45) is 0 Å². The second kappa shape index (κ2) is 7.16. The second-order valence-corrected chi connectivity index (χ2v) is 4.45. The molecule has 0 bridgehead atoms. The first-order chi connectivity index (χ1) is 7.77. The molecule has 0 saturated carbocycles. The SMILES string of the molecule is CCO[SiH](OCC)OC(=O)c1ccccc1. The van der Waals surface area contributed by atoms with E-state index in [2.05, 4.69) is 0 Å². The Balaban J connectivity index is 2.54. The van der Waals surface area contributed by atoms with Gasteiger partial charge in [0, 0.05) is 13.2 Å². The largest absolute Gasteiger partial charge is 0.551 e. The van der Waals surface area contributed by atoms with Crippen molar-refractivity contribution >= 4 is 15.5 Å². The van der Waals surface area contributed by atoms with Crippen LogP contribution in [0.15, 0.2) is 30.3 Å². The van der Waals surface area contributed by atoms with Gasteiger partial charge < -0.3 is 13.3 Å². The zero-order valence-electron chi connectivity index (χ0n) is 9.51. The fraction of sp³-hybridized carbons (Fsp3) is 0.364. The van der Waals surface area contributed by atoms with Gasteiger partial charge in [-0.25, -0.2) is 4.79 Å². The average Bonchev–Trinajstić information content (AvgIpc) is 2.31. The maximum absolute atomic E-state index is 11.7. The summed E-state index contributed by atoms with van der Waals surface area (Å²) in [5.41, 5.74) is 0.513. The summed E-state index contributed by atoms with van der Waals surface area (Å²) in [5.74, 6) is -0.390. The summed E-state index contributed by atoms with van der Waals surface area (Å²) < 4.78 is 15.7. The van der Waals surface area contributed by atoms with Crippen LogP contribution in [-0.4, -0.2) is 28.7 Å². The van der Waals surface area contributed by atoms with Gasteiger partial charge in [0.05, 0.1) is 5.56 Å². The molecule has 0 saturated heterocycles. The van der Waals surface area contributed by atoms with Crippen molar-refractivity contribution in [1.29, 1.82) is 0 Å². The van der Waals surface area contributed by atoms with Crippen molar-refractivity contribution in [2.75, 3.05) is 13.2 Å². The van der Waals surface area contributed by atoms with Crippen LogP contribution in [0, 0.1) is 0 Å². The minimum Gasteiger partial charge on any atom is -0.472 e. The molecule has 0 heterocycles. The highest BCUT2D eigenvalue weighted by molar-refractivity contribution is 6.39. The number of hydrogen-bond donors (Lipinski definition) is 0. The molecule has 0 N–H and O–H groups in total. The molecule has 0 fully saturated rings. The molecule has 5 heteroatoms. The van der Waals surface area contributed by atoms with Gasteiger partial charge in [-0.1, -0.05) is 18.2 Å². The lowest BCUT2D eigenvalue weighted by molar-refractivity contribution is 0.0544. The van der Waals surface area contributed by atoms with E-state index in [0.717, 1.165) is 0 Å². The summed E-state index contributed by atoms with van der Waals surface area (Å²) in [5, 5.41) is 0. The molecular formula is C11H16O4Si. The predicted octanol–water partition coefficient (Wildman–Crippen LogP) is 1.63. The van der Waals surface area contributed by atoms with E-state index in [0.29, 0.717) is 18.8 Å². The summed E-state index contributed by atoms with van der Waals surface area (Å²) in [6, 6.07) is 8.82. The first kappa shape index (κ1) is 12.9. The Morgan fingerprint density at radius 3 is 2.19 bits per heavy atom. The molecule has 88 valence electrons. The van der Waals surface area contributed by atoms with Gasteiger partial charge in [-0.3, -0.25) is 0 Å². The Morgan fingerprint density at radius 2 is 1.69 bits per heavy atom. The Labute approximate surface area is 97.1 Å². The first-order valence-corrected chi connectivity index (χ1v) is 6.68. The fourth-order valence-electron chi connectivity index (χ4n) is 1.12. The van der Waals surface area contributed by atoms with Crippen molar-refractivity contribution < 1.29 is 18.1 Å². The van der Waals surface area contributed by atoms with Crippen LogP contribution < -0.4 is 0 Å². The number of carbonyl (C=O) groups excluding carboxylic acids is 1. The summed E-state index contributed by atoms with van der Waals surface area (Å²) in [6.07, 6.45) is 0. The standard InChI is InChI=1S/C11H16O4Si/c1-3-13-16(14-4-2)15-11(12)10-8-6-5-7-9-10/h5-9,16H,3-4H2,1-2H3. The first-order valence-electron chi connectivity index (χ1n) is 5.27. The molecule has 0 spiro atoms. The lowest BCUT2D eigenvalue weighted by Crippen LogP contribution is -2.30. The molecule has 0 aliphatic heterocycles. The molecule has 0 radical (unpaired) electrons. The molecule has 0 atom stereocenters. The van der Waals surface area contributed by atoms with Crippen LogP contribution >= 0.6 is 0 Å². The summed E-state index contributed by atoms with van der Waals surface area (Å²) in [7, 11) is -2.31. The normalized spacial score (nSPS) is 10.4. The van der Waals surface area contributed by atoms with E-state index >= 15 is 0 Å². The predicted molar refractivity (Wildman–Crippen MR) is 62.3 cm³/mol. The maximum Gasteiger partial charge on any atom is 0.551 e. The van der Waals surface area contributed by atoms with E-state index < -0.39 is 9.53 Å². The number of rotatable bonds is 6. The Kier molecular flexibility index (Phi) is 5.77. The molecule has 0 unspecified atom stereocenters. The van der Waals surface area contributed by atoms with Crippen LogP contribution in [-0.2, 0) is 13.3 Å². The van der Waals surface area contributed by atoms with Crippen LogP contribution in [0.5, 0.6) is 0 Å². The monoisotopic (exact) mass is 240 g/mol. The Morgan fingerprint density at radius 1 is 1.12 bits per heavy atom. The van der Waals surface area contributed by atoms with Gasteiger partial charge >= 0.3 is 15.5 Å². The van der Waals surface area contributed by atoms with Crippen molar-refractivity contribution in [1.82, 2.24) is 0 Å². The topological polar surface area (TPSA) is 44.8 Å². The van der Waals surface area contributed by atoms with Gasteiger partial charge in [-0.2, -0.15) is 0 Å². The van der Waals surface area contributed by atoms with E-state index in [4.69, 9.17) is 13.3 Å². The molecule has 16 heavy (non-hydrogen) atoms. The van der Waals surface area contributed by atoms with Crippen LogP contribution in [0.2, 0.25) is 0 Å². The van der Waals surface area contributed by atoms with Crippen molar-refractivity contribution in [3.05, 3.63) is 35.9 Å². The quantitative estimate of drug-likeness (QED) is 0.709. The Bertz CT molecular complexity index is 309. The lowest BCUT2D eigenvalue weighted by Gasteiger charge is -2.14. The zero-order valence-corrected chi connectivity index (χ0v) is 10.7. The highest BCUT2D eigenvalue weighted by Gasteiger charge is 2.20. The fourth-order valence-corrected chi connectivity index (χ4v) is 2.21. The molecule has 0 aromatic heterocycles. The van der Waals surface area contributed by atoms with Gasteiger partial charge in [-0.05, 0) is 26.0 Å². The smallest absolute Gasteiger partial charge is 0.472 e. The zero-order chi connectivity index (χ0) is 11.8. The van der Waals surface area contributed by atoms with Crippen LogP contribution in [0.1, 0.15) is 24.2 Å². The molecule has 4 nitrogen and oxygen atoms in total. The number of hydrogen-bond acceptors (Lipinski definition) is 4. The molecular weight excluding hydrogens is 224 g/mol. The highest BCUT2D eigenvalue weighted by Crippen LogP contribution is 2.03. The van der Waals surface area contributed by atoms with Crippen LogP contribution in [0.3, 0.4) is 0 Å². The van der Waals surface area contributed by atoms with Gasteiger partial charge in [0.15, 0.2) is 0 Å². The second-order valence-electron chi connectivity index (χ2n) is 2.97. The minimum absolute atomic E-state index is 0.390. The molecule has 1 aromatic rings. The highest BCUT2D eigenvalue weighted by atomic mass is 28.3. The lowest BCUT2D eigenvalue weighted by atomic mass is 10.2. The van der Waals surface area contributed by atoms with E-state index in [9.17, 15) is 4.79 Å². The van der Waals surface area contributed by atoms with E-state index in [1.165, 1.54) is 0 Å². The van der Waals surface area contributed by atoms with Gasteiger partial charge in [0.25, 0.3) is 0 Å². The number of carbonyl (C=O) groups is 1. The van der Waals surface area contributed by atoms with Crippen LogP contribution in [0.25, 0.3) is 0 Å². The van der Waals surface area contributed by atoms with Crippen molar-refractivity contribution in [2.45, 2.75) is 13.8 Å². The average molecular weight is 240 g/mol. The van der Waals surface area contributed by atoms with E-state index in [1.807, 2.05) is 19.9 Å². The summed E-state index contributed by atoms with van der Waals surface area (Å²) >= 11 is 0. The molecule has 1 rings (SSSR count). The van der Waals surface area contributed by atoms with Crippen LogP contribution in [0.4, 0.5) is 0 Å². The third kappa shape index (κ3) is 4.14. The summed E-state index contributed by atoms with van der Waals surface area (Å²) in [6.45, 7) is 4.66. The van der Waals surface area contributed by atoms with E-state index in [-0.39, 0.29) is 5.97 Å².